The molecule has 1 unspecified atom stereocenters. The third kappa shape index (κ3) is 4.41. The summed E-state index contributed by atoms with van der Waals surface area (Å²) >= 11 is 0. The summed E-state index contributed by atoms with van der Waals surface area (Å²) in [6, 6.07) is 0. The van der Waals surface area contributed by atoms with E-state index in [2.05, 4.69) is 5.16 Å². The van der Waals surface area contributed by atoms with Gasteiger partial charge >= 0.3 is 6.18 Å². The van der Waals surface area contributed by atoms with Gasteiger partial charge in [-0.2, -0.15) is 13.2 Å². The third-order valence-corrected chi connectivity index (χ3v) is 2.98. The molecule has 0 aromatic carbocycles. The molecule has 0 radical (unpaired) electrons. The first-order valence-electron chi connectivity index (χ1n) is 5.57. The van der Waals surface area contributed by atoms with Gasteiger partial charge in [0, 0.05) is 6.61 Å². The zero-order valence-corrected chi connectivity index (χ0v) is 9.41. The number of amidine groups is 1. The summed E-state index contributed by atoms with van der Waals surface area (Å²) in [6.45, 7) is -0.277. The fraction of sp³-hybridized carbons (Fsp3) is 0.900. The molecule has 17 heavy (non-hydrogen) atoms. The first-order chi connectivity index (χ1) is 7.95. The van der Waals surface area contributed by atoms with Gasteiger partial charge in [0.15, 0.2) is 5.84 Å². The number of oxime groups is 1. The van der Waals surface area contributed by atoms with Crippen molar-refractivity contribution < 1.29 is 23.1 Å². The minimum atomic E-state index is -4.55. The molecular formula is C10H17F3N2O2. The Labute approximate surface area is 97.6 Å². The molecule has 0 spiro atoms. The van der Waals surface area contributed by atoms with Crippen LogP contribution in [0.3, 0.4) is 0 Å². The van der Waals surface area contributed by atoms with Gasteiger partial charge in [-0.3, -0.25) is 0 Å². The van der Waals surface area contributed by atoms with E-state index in [1.165, 1.54) is 0 Å². The van der Waals surface area contributed by atoms with Crippen LogP contribution in [0, 0.1) is 11.8 Å². The fourth-order valence-electron chi connectivity index (χ4n) is 1.95. The Morgan fingerprint density at radius 2 is 2.00 bits per heavy atom. The van der Waals surface area contributed by atoms with E-state index in [4.69, 9.17) is 15.7 Å². The number of alkyl halides is 3. The van der Waals surface area contributed by atoms with Crippen LogP contribution in [0.25, 0.3) is 0 Å². The average Bonchev–Trinajstić information content (AvgIpc) is 2.74. The first kappa shape index (κ1) is 14.1. The predicted octanol–water partition coefficient (Wildman–Crippen LogP) is 2.12. The van der Waals surface area contributed by atoms with Crippen LogP contribution < -0.4 is 5.73 Å². The van der Waals surface area contributed by atoms with Crippen molar-refractivity contribution in [2.75, 3.05) is 13.2 Å². The lowest BCUT2D eigenvalue weighted by atomic mass is 10.1. The van der Waals surface area contributed by atoms with Gasteiger partial charge in [-0.25, -0.2) is 0 Å². The van der Waals surface area contributed by atoms with Crippen LogP contribution in [-0.2, 0) is 4.74 Å². The van der Waals surface area contributed by atoms with Gasteiger partial charge in [-0.1, -0.05) is 18.0 Å². The van der Waals surface area contributed by atoms with E-state index in [1.54, 1.807) is 0 Å². The summed E-state index contributed by atoms with van der Waals surface area (Å²) in [4.78, 5) is 0. The normalized spacial score (nSPS) is 20.8. The van der Waals surface area contributed by atoms with Crippen molar-refractivity contribution in [1.82, 2.24) is 0 Å². The molecule has 7 heteroatoms. The molecule has 0 saturated heterocycles. The third-order valence-electron chi connectivity index (χ3n) is 2.98. The number of halogens is 3. The lowest BCUT2D eigenvalue weighted by Gasteiger charge is -2.19. The second-order valence-corrected chi connectivity index (χ2v) is 4.31. The quantitative estimate of drug-likeness (QED) is 0.342. The van der Waals surface area contributed by atoms with Gasteiger partial charge < -0.3 is 15.7 Å². The molecule has 0 bridgehead atoms. The van der Waals surface area contributed by atoms with E-state index < -0.39 is 24.5 Å². The van der Waals surface area contributed by atoms with Crippen molar-refractivity contribution in [1.29, 1.82) is 0 Å². The van der Waals surface area contributed by atoms with Crippen molar-refractivity contribution in [2.45, 2.75) is 31.9 Å². The van der Waals surface area contributed by atoms with Gasteiger partial charge in [0.25, 0.3) is 0 Å². The van der Waals surface area contributed by atoms with Crippen LogP contribution in [0.4, 0.5) is 13.2 Å². The SMILES string of the molecule is NC(=NO)C(COCC1CCCC1)C(F)(F)F. The highest BCUT2D eigenvalue weighted by molar-refractivity contribution is 5.83. The Morgan fingerprint density at radius 3 is 2.47 bits per heavy atom. The van der Waals surface area contributed by atoms with Gasteiger partial charge in [0.05, 0.1) is 6.61 Å². The number of nitrogens with zero attached hydrogens (tertiary/aromatic N) is 1. The van der Waals surface area contributed by atoms with Gasteiger partial charge in [-0.15, -0.1) is 0 Å². The van der Waals surface area contributed by atoms with E-state index in [0.29, 0.717) is 12.5 Å². The second-order valence-electron chi connectivity index (χ2n) is 4.31. The summed E-state index contributed by atoms with van der Waals surface area (Å²) in [7, 11) is 0. The van der Waals surface area contributed by atoms with Crippen molar-refractivity contribution in [3.63, 3.8) is 0 Å². The smallest absolute Gasteiger partial charge is 0.401 e. The molecule has 1 aliphatic carbocycles. The molecule has 4 nitrogen and oxygen atoms in total. The predicted molar refractivity (Wildman–Crippen MR) is 55.7 cm³/mol. The minimum absolute atomic E-state index is 0.311. The summed E-state index contributed by atoms with van der Waals surface area (Å²) in [5.74, 6) is -2.55. The molecule has 0 heterocycles. The number of hydrogen-bond donors (Lipinski definition) is 2. The minimum Gasteiger partial charge on any atom is -0.409 e. The Kier molecular flexibility index (Phi) is 5.04. The number of hydrogen-bond acceptors (Lipinski definition) is 3. The topological polar surface area (TPSA) is 67.8 Å². The van der Waals surface area contributed by atoms with Crippen LogP contribution in [0.1, 0.15) is 25.7 Å². The van der Waals surface area contributed by atoms with Crippen LogP contribution >= 0.6 is 0 Å². The lowest BCUT2D eigenvalue weighted by molar-refractivity contribution is -0.169. The van der Waals surface area contributed by atoms with Crippen molar-refractivity contribution in [3.8, 4) is 0 Å². The monoisotopic (exact) mass is 254 g/mol. The highest BCUT2D eigenvalue weighted by Gasteiger charge is 2.43. The van der Waals surface area contributed by atoms with Crippen molar-refractivity contribution >= 4 is 5.84 Å². The summed E-state index contributed by atoms with van der Waals surface area (Å²) < 4.78 is 42.6. The summed E-state index contributed by atoms with van der Waals surface area (Å²) in [5, 5.41) is 10.7. The molecule has 1 aliphatic rings. The Hall–Kier alpha value is -0.980. The van der Waals surface area contributed by atoms with Crippen molar-refractivity contribution in [3.05, 3.63) is 0 Å². The Bertz CT molecular complexity index is 263. The van der Waals surface area contributed by atoms with Gasteiger partial charge in [0.2, 0.25) is 0 Å². The molecule has 1 atom stereocenters. The molecule has 0 aromatic heterocycles. The van der Waals surface area contributed by atoms with E-state index >= 15 is 0 Å². The fourth-order valence-corrected chi connectivity index (χ4v) is 1.95. The molecular weight excluding hydrogens is 237 g/mol. The standard InChI is InChI=1S/C10H17F3N2O2/c11-10(12,13)8(9(14)15-16)6-17-5-7-3-1-2-4-7/h7-8,16H,1-6H2,(H2,14,15). The van der Waals surface area contributed by atoms with Gasteiger partial charge in [-0.05, 0) is 18.8 Å². The largest absolute Gasteiger partial charge is 0.409 e. The average molecular weight is 254 g/mol. The zero-order valence-electron chi connectivity index (χ0n) is 9.41. The number of rotatable bonds is 5. The lowest BCUT2D eigenvalue weighted by Crippen LogP contribution is -2.39. The molecule has 1 saturated carbocycles. The molecule has 0 amide bonds. The van der Waals surface area contributed by atoms with Gasteiger partial charge in [0.1, 0.15) is 5.92 Å². The van der Waals surface area contributed by atoms with E-state index in [9.17, 15) is 13.2 Å². The van der Waals surface area contributed by atoms with Crippen LogP contribution in [0.2, 0.25) is 0 Å². The maximum Gasteiger partial charge on any atom is 0.401 e. The molecule has 3 N–H and O–H groups in total. The van der Waals surface area contributed by atoms with Crippen LogP contribution in [-0.4, -0.2) is 30.4 Å². The first-order valence-corrected chi connectivity index (χ1v) is 5.57. The maximum absolute atomic E-state index is 12.5. The molecule has 0 aliphatic heterocycles. The highest BCUT2D eigenvalue weighted by Crippen LogP contribution is 2.28. The molecule has 1 rings (SSSR count). The highest BCUT2D eigenvalue weighted by atomic mass is 19.4. The van der Waals surface area contributed by atoms with Crippen LogP contribution in [0.15, 0.2) is 5.16 Å². The van der Waals surface area contributed by atoms with Crippen molar-refractivity contribution in [2.24, 2.45) is 22.7 Å². The number of ether oxygens (including phenoxy) is 1. The van der Waals surface area contributed by atoms with E-state index in [1.807, 2.05) is 0 Å². The number of nitrogens with two attached hydrogens (primary N) is 1. The van der Waals surface area contributed by atoms with E-state index in [-0.39, 0.29) is 0 Å². The maximum atomic E-state index is 12.5. The van der Waals surface area contributed by atoms with E-state index in [0.717, 1.165) is 25.7 Å². The molecule has 0 aromatic rings. The molecule has 100 valence electrons. The zero-order chi connectivity index (χ0) is 12.9. The Balaban J connectivity index is 2.38. The van der Waals surface area contributed by atoms with Crippen LogP contribution in [0.5, 0.6) is 0 Å². The second kappa shape index (κ2) is 6.09. The summed E-state index contributed by atoms with van der Waals surface area (Å²) in [5.41, 5.74) is 5.00. The molecule has 1 fully saturated rings. The summed E-state index contributed by atoms with van der Waals surface area (Å²) in [6.07, 6.45) is -0.333. The Morgan fingerprint density at radius 1 is 1.41 bits per heavy atom.